The van der Waals surface area contributed by atoms with E-state index in [4.69, 9.17) is 10.5 Å². The third-order valence-corrected chi connectivity index (χ3v) is 2.77. The van der Waals surface area contributed by atoms with Crippen LogP contribution in [0.1, 0.15) is 12.0 Å². The monoisotopic (exact) mass is 204 g/mol. The molecule has 0 aliphatic carbocycles. The molecule has 0 aromatic heterocycles. The van der Waals surface area contributed by atoms with Gasteiger partial charge in [-0.05, 0) is 48.4 Å². The summed E-state index contributed by atoms with van der Waals surface area (Å²) in [4.78, 5) is 0. The molecular formula is C12H16N2O. The molecule has 3 N–H and O–H groups in total. The third kappa shape index (κ3) is 2.06. The van der Waals surface area contributed by atoms with Crippen LogP contribution in [0.2, 0.25) is 0 Å². The summed E-state index contributed by atoms with van der Waals surface area (Å²) in [6.07, 6.45) is 3.74. The first-order chi connectivity index (χ1) is 7.33. The Labute approximate surface area is 89.9 Å². The average molecular weight is 204 g/mol. The maximum Gasteiger partial charge on any atom is 0.119 e. The topological polar surface area (TPSA) is 47.3 Å². The molecule has 0 saturated heterocycles. The zero-order valence-corrected chi connectivity index (χ0v) is 8.92. The van der Waals surface area contributed by atoms with Crippen molar-refractivity contribution in [3.8, 4) is 5.75 Å². The van der Waals surface area contributed by atoms with Crippen molar-refractivity contribution in [2.24, 2.45) is 5.73 Å². The van der Waals surface area contributed by atoms with Crippen molar-refractivity contribution in [3.63, 3.8) is 0 Å². The lowest BCUT2D eigenvalue weighted by Gasteiger charge is -2.08. The van der Waals surface area contributed by atoms with E-state index in [9.17, 15) is 0 Å². The fourth-order valence-electron chi connectivity index (χ4n) is 1.81. The van der Waals surface area contributed by atoms with Crippen LogP contribution in [-0.4, -0.2) is 13.7 Å². The van der Waals surface area contributed by atoms with Gasteiger partial charge < -0.3 is 15.8 Å². The normalized spacial score (nSPS) is 17.8. The Kier molecular flexibility index (Phi) is 2.81. The predicted octanol–water partition coefficient (Wildman–Crippen LogP) is 1.90. The second-order valence-corrected chi connectivity index (χ2v) is 3.70. The zero-order chi connectivity index (χ0) is 10.7. The summed E-state index contributed by atoms with van der Waals surface area (Å²) in [5.74, 6) is 0.913. The van der Waals surface area contributed by atoms with Crippen LogP contribution in [0.3, 0.4) is 0 Å². The number of hydrogen-bond acceptors (Lipinski definition) is 3. The molecule has 80 valence electrons. The number of nitrogens with one attached hydrogen (secondary N) is 1. The first-order valence-corrected chi connectivity index (χ1v) is 5.14. The van der Waals surface area contributed by atoms with Gasteiger partial charge in [-0.2, -0.15) is 0 Å². The van der Waals surface area contributed by atoms with Gasteiger partial charge in [-0.15, -0.1) is 0 Å². The highest BCUT2D eigenvalue weighted by Gasteiger charge is 2.10. The molecule has 0 unspecified atom stereocenters. The zero-order valence-electron chi connectivity index (χ0n) is 8.92. The minimum atomic E-state index is 0.843. The highest BCUT2D eigenvalue weighted by molar-refractivity contribution is 5.56. The summed E-state index contributed by atoms with van der Waals surface area (Å²) in [6.45, 7) is 0.843. The van der Waals surface area contributed by atoms with Crippen molar-refractivity contribution in [1.82, 2.24) is 0 Å². The molecule has 1 aromatic rings. The summed E-state index contributed by atoms with van der Waals surface area (Å²) in [5.41, 5.74) is 9.28. The maximum absolute atomic E-state index is 5.54. The van der Waals surface area contributed by atoms with Crippen LogP contribution in [0.25, 0.3) is 0 Å². The molecule has 1 heterocycles. The standard InChI is InChI=1S/C12H16N2O/c1-15-11-4-5-12-10(6-11)3-2-9(7-13)8-14-12/h4-7,14H,2-3,8,13H2,1H3. The largest absolute Gasteiger partial charge is 0.497 e. The number of anilines is 1. The van der Waals surface area contributed by atoms with E-state index in [0.717, 1.165) is 25.1 Å². The van der Waals surface area contributed by atoms with Gasteiger partial charge in [0, 0.05) is 12.2 Å². The lowest BCUT2D eigenvalue weighted by atomic mass is 10.1. The van der Waals surface area contributed by atoms with Gasteiger partial charge in [0.05, 0.1) is 7.11 Å². The molecule has 0 radical (unpaired) electrons. The fourth-order valence-corrected chi connectivity index (χ4v) is 1.81. The Hall–Kier alpha value is -1.64. The van der Waals surface area contributed by atoms with Crippen LogP contribution in [-0.2, 0) is 6.42 Å². The Morgan fingerprint density at radius 3 is 3.00 bits per heavy atom. The highest BCUT2D eigenvalue weighted by Crippen LogP contribution is 2.26. The van der Waals surface area contributed by atoms with E-state index in [2.05, 4.69) is 17.4 Å². The summed E-state index contributed by atoms with van der Waals surface area (Å²) < 4.78 is 5.21. The van der Waals surface area contributed by atoms with Crippen LogP contribution < -0.4 is 15.8 Å². The molecule has 0 spiro atoms. The summed E-state index contributed by atoms with van der Waals surface area (Å²) in [7, 11) is 1.69. The number of hydrogen-bond donors (Lipinski definition) is 2. The van der Waals surface area contributed by atoms with Crippen LogP contribution in [0.5, 0.6) is 5.75 Å². The second-order valence-electron chi connectivity index (χ2n) is 3.70. The average Bonchev–Trinajstić information content (AvgIpc) is 2.50. The number of benzene rings is 1. The molecule has 0 fully saturated rings. The minimum Gasteiger partial charge on any atom is -0.497 e. The van der Waals surface area contributed by atoms with Gasteiger partial charge in [-0.25, -0.2) is 0 Å². The SMILES string of the molecule is COc1ccc2c(c1)CCC(=CN)CN2. The van der Waals surface area contributed by atoms with Crippen LogP contribution in [0, 0.1) is 0 Å². The van der Waals surface area contributed by atoms with Gasteiger partial charge in [-0.3, -0.25) is 0 Å². The fraction of sp³-hybridized carbons (Fsp3) is 0.333. The molecule has 2 rings (SSSR count). The van der Waals surface area contributed by atoms with Crippen molar-refractivity contribution in [2.75, 3.05) is 19.0 Å². The third-order valence-electron chi connectivity index (χ3n) is 2.77. The number of nitrogens with two attached hydrogens (primary N) is 1. The number of methoxy groups -OCH3 is 1. The van der Waals surface area contributed by atoms with Gasteiger partial charge in [0.15, 0.2) is 0 Å². The van der Waals surface area contributed by atoms with E-state index < -0.39 is 0 Å². The molecule has 3 nitrogen and oxygen atoms in total. The van der Waals surface area contributed by atoms with Crippen molar-refractivity contribution in [1.29, 1.82) is 0 Å². The Balaban J connectivity index is 2.27. The van der Waals surface area contributed by atoms with Crippen molar-refractivity contribution >= 4 is 5.69 Å². The molecule has 1 aliphatic rings. The quantitative estimate of drug-likeness (QED) is 0.734. The smallest absolute Gasteiger partial charge is 0.119 e. The number of fused-ring (bicyclic) bond motifs is 1. The molecule has 3 heteroatoms. The van der Waals surface area contributed by atoms with Crippen LogP contribution >= 0.6 is 0 Å². The van der Waals surface area contributed by atoms with Gasteiger partial charge in [-0.1, -0.05) is 0 Å². The predicted molar refractivity (Wildman–Crippen MR) is 62.1 cm³/mol. The Morgan fingerprint density at radius 2 is 2.27 bits per heavy atom. The Morgan fingerprint density at radius 1 is 1.40 bits per heavy atom. The van der Waals surface area contributed by atoms with E-state index in [0.29, 0.717) is 0 Å². The number of aryl methyl sites for hydroxylation is 1. The van der Waals surface area contributed by atoms with Gasteiger partial charge in [0.25, 0.3) is 0 Å². The van der Waals surface area contributed by atoms with Gasteiger partial charge in [0.1, 0.15) is 5.75 Å². The summed E-state index contributed by atoms with van der Waals surface area (Å²) in [5, 5.41) is 3.37. The van der Waals surface area contributed by atoms with E-state index in [1.807, 2.05) is 6.07 Å². The molecule has 1 aromatic carbocycles. The van der Waals surface area contributed by atoms with E-state index in [1.54, 1.807) is 13.3 Å². The Bertz CT molecular complexity index is 385. The van der Waals surface area contributed by atoms with Gasteiger partial charge in [0.2, 0.25) is 0 Å². The van der Waals surface area contributed by atoms with Crippen LogP contribution in [0.15, 0.2) is 30.0 Å². The molecule has 0 atom stereocenters. The summed E-state index contributed by atoms with van der Waals surface area (Å²) in [6, 6.07) is 6.12. The molecule has 15 heavy (non-hydrogen) atoms. The molecular weight excluding hydrogens is 188 g/mol. The second kappa shape index (κ2) is 4.26. The lowest BCUT2D eigenvalue weighted by Crippen LogP contribution is -2.04. The highest BCUT2D eigenvalue weighted by atomic mass is 16.5. The lowest BCUT2D eigenvalue weighted by molar-refractivity contribution is 0.414. The summed E-state index contributed by atoms with van der Waals surface area (Å²) >= 11 is 0. The molecule has 0 bridgehead atoms. The first-order valence-electron chi connectivity index (χ1n) is 5.14. The van der Waals surface area contributed by atoms with Crippen molar-refractivity contribution < 1.29 is 4.74 Å². The van der Waals surface area contributed by atoms with E-state index in [-0.39, 0.29) is 0 Å². The minimum absolute atomic E-state index is 0.843. The van der Waals surface area contributed by atoms with Gasteiger partial charge >= 0.3 is 0 Å². The number of rotatable bonds is 1. The van der Waals surface area contributed by atoms with E-state index in [1.165, 1.54) is 16.8 Å². The van der Waals surface area contributed by atoms with E-state index >= 15 is 0 Å². The maximum atomic E-state index is 5.54. The first kappa shape index (κ1) is 9.90. The molecule has 0 saturated carbocycles. The molecule has 1 aliphatic heterocycles. The van der Waals surface area contributed by atoms with Crippen LogP contribution in [0.4, 0.5) is 5.69 Å². The van der Waals surface area contributed by atoms with Crippen molar-refractivity contribution in [3.05, 3.63) is 35.5 Å². The molecule has 0 amide bonds. The van der Waals surface area contributed by atoms with Crippen molar-refractivity contribution in [2.45, 2.75) is 12.8 Å². The number of ether oxygens (including phenoxy) is 1.